The van der Waals surface area contributed by atoms with Crippen molar-refractivity contribution in [2.24, 2.45) is 5.73 Å². The molecule has 4 heteroatoms. The van der Waals surface area contributed by atoms with Gasteiger partial charge in [0.1, 0.15) is 0 Å². The van der Waals surface area contributed by atoms with Crippen molar-refractivity contribution in [1.29, 1.82) is 0 Å². The number of nitrogens with two attached hydrogens (primary N) is 1. The van der Waals surface area contributed by atoms with Crippen LogP contribution >= 0.6 is 11.6 Å². The van der Waals surface area contributed by atoms with Gasteiger partial charge < -0.3 is 10.3 Å². The van der Waals surface area contributed by atoms with E-state index in [4.69, 9.17) is 17.3 Å². The summed E-state index contributed by atoms with van der Waals surface area (Å²) in [5, 5.41) is 0.687. The highest BCUT2D eigenvalue weighted by molar-refractivity contribution is 6.30. The molecule has 0 aliphatic heterocycles. The zero-order valence-corrected chi connectivity index (χ0v) is 10.2. The van der Waals surface area contributed by atoms with Gasteiger partial charge in [-0.15, -0.1) is 0 Å². The van der Waals surface area contributed by atoms with Crippen LogP contribution in [0.1, 0.15) is 11.3 Å². The van der Waals surface area contributed by atoms with E-state index in [2.05, 4.69) is 0 Å². The Morgan fingerprint density at radius 3 is 2.53 bits per heavy atom. The first-order chi connectivity index (χ1) is 8.11. The Hall–Kier alpha value is -1.58. The van der Waals surface area contributed by atoms with Crippen LogP contribution in [0.3, 0.4) is 0 Å². The third kappa shape index (κ3) is 2.40. The lowest BCUT2D eigenvalue weighted by molar-refractivity contribution is 0.923. The van der Waals surface area contributed by atoms with E-state index in [1.54, 1.807) is 12.3 Å². The molecule has 0 atom stereocenters. The van der Waals surface area contributed by atoms with E-state index in [0.29, 0.717) is 10.6 Å². The van der Waals surface area contributed by atoms with E-state index < -0.39 is 0 Å². The van der Waals surface area contributed by atoms with E-state index in [0.717, 1.165) is 11.4 Å². The van der Waals surface area contributed by atoms with Crippen LogP contribution in [-0.2, 0) is 6.54 Å². The number of hydrogen-bond donors (Lipinski definition) is 1. The fourth-order valence-corrected chi connectivity index (χ4v) is 1.83. The zero-order chi connectivity index (χ0) is 12.4. The molecule has 88 valence electrons. The summed E-state index contributed by atoms with van der Waals surface area (Å²) in [5.41, 5.74) is 7.95. The molecular formula is C13H13ClN2O. The molecule has 0 radical (unpaired) electrons. The summed E-state index contributed by atoms with van der Waals surface area (Å²) in [5.74, 6) is 0. The summed E-state index contributed by atoms with van der Waals surface area (Å²) in [6.45, 7) is 2.13. The van der Waals surface area contributed by atoms with Crippen LogP contribution in [0, 0.1) is 6.92 Å². The van der Waals surface area contributed by atoms with Crippen molar-refractivity contribution >= 4 is 11.6 Å². The van der Waals surface area contributed by atoms with E-state index in [1.807, 2.05) is 35.8 Å². The average Bonchev–Trinajstić information content (AvgIpc) is 2.31. The summed E-state index contributed by atoms with van der Waals surface area (Å²) < 4.78 is 1.93. The summed E-state index contributed by atoms with van der Waals surface area (Å²) in [6, 6.07) is 9.03. The number of rotatable bonds is 2. The molecular weight excluding hydrogens is 236 g/mol. The maximum atomic E-state index is 11.6. The minimum Gasteiger partial charge on any atom is -0.326 e. The third-order valence-electron chi connectivity index (χ3n) is 2.65. The van der Waals surface area contributed by atoms with Crippen molar-refractivity contribution in [3.05, 3.63) is 63.0 Å². The van der Waals surface area contributed by atoms with Gasteiger partial charge in [0.2, 0.25) is 0 Å². The number of halogens is 1. The minimum absolute atomic E-state index is 0.0183. The number of aromatic nitrogens is 1. The molecule has 0 fully saturated rings. The van der Waals surface area contributed by atoms with Gasteiger partial charge in [-0.2, -0.15) is 0 Å². The largest absolute Gasteiger partial charge is 0.326 e. The third-order valence-corrected chi connectivity index (χ3v) is 2.90. The minimum atomic E-state index is -0.0183. The number of hydrogen-bond acceptors (Lipinski definition) is 2. The smallest absolute Gasteiger partial charge is 0.186 e. The van der Waals surface area contributed by atoms with E-state index in [9.17, 15) is 4.79 Å². The van der Waals surface area contributed by atoms with Crippen molar-refractivity contribution in [1.82, 2.24) is 4.57 Å². The van der Waals surface area contributed by atoms with Crippen LogP contribution in [0.2, 0.25) is 5.02 Å². The molecule has 2 N–H and O–H groups in total. The second-order valence-electron chi connectivity index (χ2n) is 3.85. The lowest BCUT2D eigenvalue weighted by Gasteiger charge is -2.12. The molecule has 0 saturated heterocycles. The monoisotopic (exact) mass is 248 g/mol. The van der Waals surface area contributed by atoms with Gasteiger partial charge >= 0.3 is 0 Å². The molecule has 0 unspecified atom stereocenters. The zero-order valence-electron chi connectivity index (χ0n) is 9.48. The van der Waals surface area contributed by atoms with Crippen LogP contribution in [0.25, 0.3) is 5.69 Å². The summed E-state index contributed by atoms with van der Waals surface area (Å²) in [7, 11) is 0. The molecule has 1 heterocycles. The molecule has 0 aliphatic carbocycles. The van der Waals surface area contributed by atoms with E-state index in [1.165, 1.54) is 0 Å². The summed E-state index contributed by atoms with van der Waals surface area (Å²) >= 11 is 5.84. The molecule has 0 aliphatic rings. The van der Waals surface area contributed by atoms with Gasteiger partial charge in [-0.1, -0.05) is 11.6 Å². The number of nitrogens with zero attached hydrogens (tertiary/aromatic N) is 1. The predicted octanol–water partition coefficient (Wildman–Crippen LogP) is 2.26. The average molecular weight is 249 g/mol. The summed E-state index contributed by atoms with van der Waals surface area (Å²) in [6.07, 6.45) is 1.78. The Balaban J connectivity index is 2.59. The van der Waals surface area contributed by atoms with Crippen LogP contribution < -0.4 is 11.2 Å². The first kappa shape index (κ1) is 11.9. The molecule has 0 spiro atoms. The highest BCUT2D eigenvalue weighted by Gasteiger charge is 2.04. The Labute approximate surface area is 104 Å². The number of benzene rings is 1. The molecule has 0 bridgehead atoms. The first-order valence-corrected chi connectivity index (χ1v) is 5.68. The molecule has 0 amide bonds. The standard InChI is InChI=1S/C13H13ClN2O/c1-9-6-13(17)10(7-15)8-16(9)12-4-2-11(14)3-5-12/h2-6,8H,7,15H2,1H3. The molecule has 1 aromatic heterocycles. The molecule has 2 rings (SSSR count). The van der Waals surface area contributed by atoms with Gasteiger partial charge in [-0.05, 0) is 31.2 Å². The van der Waals surface area contributed by atoms with Crippen LogP contribution in [0.15, 0.2) is 41.3 Å². The lowest BCUT2D eigenvalue weighted by Crippen LogP contribution is -2.16. The number of pyridine rings is 1. The first-order valence-electron chi connectivity index (χ1n) is 5.30. The van der Waals surface area contributed by atoms with Crippen LogP contribution in [0.4, 0.5) is 0 Å². The van der Waals surface area contributed by atoms with E-state index >= 15 is 0 Å². The predicted molar refractivity (Wildman–Crippen MR) is 69.7 cm³/mol. The maximum absolute atomic E-state index is 11.6. The highest BCUT2D eigenvalue weighted by atomic mass is 35.5. The summed E-state index contributed by atoms with van der Waals surface area (Å²) in [4.78, 5) is 11.6. The van der Waals surface area contributed by atoms with Crippen LogP contribution in [0.5, 0.6) is 0 Å². The molecule has 2 aromatic rings. The normalized spacial score (nSPS) is 10.5. The van der Waals surface area contributed by atoms with Gasteiger partial charge in [0, 0.05) is 40.8 Å². The topological polar surface area (TPSA) is 48.0 Å². The maximum Gasteiger partial charge on any atom is 0.186 e. The molecule has 17 heavy (non-hydrogen) atoms. The van der Waals surface area contributed by atoms with Gasteiger partial charge in [0.05, 0.1) is 0 Å². The fraction of sp³-hybridized carbons (Fsp3) is 0.154. The van der Waals surface area contributed by atoms with Crippen molar-refractivity contribution < 1.29 is 0 Å². The Morgan fingerprint density at radius 2 is 1.94 bits per heavy atom. The fourth-order valence-electron chi connectivity index (χ4n) is 1.71. The quantitative estimate of drug-likeness (QED) is 0.886. The second kappa shape index (κ2) is 4.73. The van der Waals surface area contributed by atoms with Gasteiger partial charge in [0.25, 0.3) is 0 Å². The van der Waals surface area contributed by atoms with Crippen molar-refractivity contribution in [2.75, 3.05) is 0 Å². The van der Waals surface area contributed by atoms with Gasteiger partial charge in [0.15, 0.2) is 5.43 Å². The van der Waals surface area contributed by atoms with Crippen LogP contribution in [-0.4, -0.2) is 4.57 Å². The Bertz CT molecular complexity index is 587. The SMILES string of the molecule is Cc1cc(=O)c(CN)cn1-c1ccc(Cl)cc1. The van der Waals surface area contributed by atoms with Crippen molar-refractivity contribution in [3.63, 3.8) is 0 Å². The van der Waals surface area contributed by atoms with Crippen molar-refractivity contribution in [2.45, 2.75) is 13.5 Å². The Kier molecular flexibility index (Phi) is 3.31. The van der Waals surface area contributed by atoms with Gasteiger partial charge in [-0.3, -0.25) is 4.79 Å². The van der Waals surface area contributed by atoms with E-state index in [-0.39, 0.29) is 12.0 Å². The number of aryl methyl sites for hydroxylation is 1. The molecule has 3 nitrogen and oxygen atoms in total. The lowest BCUT2D eigenvalue weighted by atomic mass is 10.2. The van der Waals surface area contributed by atoms with Crippen molar-refractivity contribution in [3.8, 4) is 5.69 Å². The second-order valence-corrected chi connectivity index (χ2v) is 4.29. The van der Waals surface area contributed by atoms with Gasteiger partial charge in [-0.25, -0.2) is 0 Å². The Morgan fingerprint density at radius 1 is 1.29 bits per heavy atom. The molecule has 1 aromatic carbocycles. The highest BCUT2D eigenvalue weighted by Crippen LogP contribution is 2.15. The molecule has 0 saturated carbocycles.